The summed E-state index contributed by atoms with van der Waals surface area (Å²) in [6.07, 6.45) is 1.68. The molecule has 3 aromatic rings. The number of ether oxygens (including phenoxy) is 1. The smallest absolute Gasteiger partial charge is 0.274 e. The number of hydrogen-bond donors (Lipinski definition) is 0. The van der Waals surface area contributed by atoms with E-state index in [4.69, 9.17) is 4.74 Å². The van der Waals surface area contributed by atoms with Gasteiger partial charge in [-0.1, -0.05) is 49.4 Å². The number of carbonyl (C=O) groups excluding carboxylic acids is 1. The number of rotatable bonds is 5. The van der Waals surface area contributed by atoms with Crippen LogP contribution in [0.1, 0.15) is 43.7 Å². The molecule has 1 fully saturated rings. The van der Waals surface area contributed by atoms with Crippen molar-refractivity contribution in [2.45, 2.75) is 45.1 Å². The predicted molar refractivity (Wildman–Crippen MR) is 114 cm³/mol. The molecule has 4 rings (SSSR count). The van der Waals surface area contributed by atoms with Crippen LogP contribution in [0.15, 0.2) is 36.4 Å². The number of amides is 1. The van der Waals surface area contributed by atoms with Crippen LogP contribution in [0, 0.1) is 11.6 Å². The van der Waals surface area contributed by atoms with Gasteiger partial charge in [0, 0.05) is 32.0 Å². The van der Waals surface area contributed by atoms with Gasteiger partial charge in [0.1, 0.15) is 17.4 Å². The number of nitrogens with zero attached hydrogens (tertiary/aromatic N) is 2. The lowest BCUT2D eigenvalue weighted by Crippen LogP contribution is -2.42. The molecule has 30 heavy (non-hydrogen) atoms. The fourth-order valence-corrected chi connectivity index (χ4v) is 4.58. The van der Waals surface area contributed by atoms with Gasteiger partial charge < -0.3 is 9.64 Å². The van der Waals surface area contributed by atoms with Crippen molar-refractivity contribution in [3.8, 4) is 5.19 Å². The Morgan fingerprint density at radius 2 is 1.90 bits per heavy atom. The summed E-state index contributed by atoms with van der Waals surface area (Å²) >= 11 is 1.14. The molecular formula is C23H24F2N2O2S. The Balaban J connectivity index is 1.31. The van der Waals surface area contributed by atoms with Crippen molar-refractivity contribution in [1.82, 2.24) is 9.88 Å². The van der Waals surface area contributed by atoms with Crippen LogP contribution in [0.3, 0.4) is 0 Å². The average molecular weight is 431 g/mol. The van der Waals surface area contributed by atoms with Crippen molar-refractivity contribution in [2.75, 3.05) is 13.1 Å². The van der Waals surface area contributed by atoms with Crippen molar-refractivity contribution in [3.05, 3.63) is 59.2 Å². The quantitative estimate of drug-likeness (QED) is 0.551. The van der Waals surface area contributed by atoms with Crippen molar-refractivity contribution >= 4 is 27.5 Å². The maximum atomic E-state index is 13.8. The van der Waals surface area contributed by atoms with Crippen LogP contribution in [0.5, 0.6) is 5.19 Å². The summed E-state index contributed by atoms with van der Waals surface area (Å²) < 4.78 is 33.5. The SMILES string of the molecule is CC(C)c1ccc(CC(=O)N2CCC(Oc3nc4c(F)cc(F)cc4s3)CC2)cc1. The topological polar surface area (TPSA) is 42.4 Å². The van der Waals surface area contributed by atoms with E-state index in [0.717, 1.165) is 23.0 Å². The van der Waals surface area contributed by atoms with Gasteiger partial charge in [-0.25, -0.2) is 8.78 Å². The molecule has 158 valence electrons. The third kappa shape index (κ3) is 4.61. The standard InChI is InChI=1S/C23H24F2N2O2S/c1-14(2)16-5-3-15(4-6-16)11-21(28)27-9-7-18(8-10-27)29-23-26-22-19(25)12-17(24)13-20(22)30-23/h3-6,12-14,18H,7-11H2,1-2H3. The van der Waals surface area contributed by atoms with Crippen LogP contribution in [0.2, 0.25) is 0 Å². The molecule has 0 aliphatic carbocycles. The van der Waals surface area contributed by atoms with Crippen molar-refractivity contribution in [1.29, 1.82) is 0 Å². The van der Waals surface area contributed by atoms with E-state index in [-0.39, 0.29) is 17.5 Å². The van der Waals surface area contributed by atoms with Crippen LogP contribution in [-0.4, -0.2) is 35.0 Å². The molecule has 1 aliphatic heterocycles. The van der Waals surface area contributed by atoms with Crippen LogP contribution >= 0.6 is 11.3 Å². The first-order valence-electron chi connectivity index (χ1n) is 10.2. The summed E-state index contributed by atoms with van der Waals surface area (Å²) in [7, 11) is 0. The van der Waals surface area contributed by atoms with Crippen molar-refractivity contribution < 1.29 is 18.3 Å². The van der Waals surface area contributed by atoms with Gasteiger partial charge in [-0.3, -0.25) is 4.79 Å². The summed E-state index contributed by atoms with van der Waals surface area (Å²) in [4.78, 5) is 18.7. The zero-order valence-electron chi connectivity index (χ0n) is 17.0. The van der Waals surface area contributed by atoms with Gasteiger partial charge >= 0.3 is 0 Å². The maximum absolute atomic E-state index is 13.8. The Labute approximate surface area is 178 Å². The highest BCUT2D eigenvalue weighted by atomic mass is 32.1. The van der Waals surface area contributed by atoms with E-state index in [1.165, 1.54) is 11.6 Å². The highest BCUT2D eigenvalue weighted by Gasteiger charge is 2.25. The summed E-state index contributed by atoms with van der Waals surface area (Å²) in [6.45, 7) is 5.52. The number of likely N-dealkylation sites (tertiary alicyclic amines) is 1. The Morgan fingerprint density at radius 1 is 1.20 bits per heavy atom. The van der Waals surface area contributed by atoms with Gasteiger partial charge in [-0.05, 0) is 23.1 Å². The average Bonchev–Trinajstić information content (AvgIpc) is 3.11. The Bertz CT molecular complexity index is 1040. The van der Waals surface area contributed by atoms with Gasteiger partial charge in [0.15, 0.2) is 5.82 Å². The molecule has 0 N–H and O–H groups in total. The number of aromatic nitrogens is 1. The third-order valence-corrected chi connectivity index (χ3v) is 6.35. The Hall–Kier alpha value is -2.54. The second-order valence-corrected chi connectivity index (χ2v) is 8.98. The van der Waals surface area contributed by atoms with Crippen LogP contribution in [-0.2, 0) is 11.2 Å². The Kier molecular flexibility index (Phi) is 5.99. The zero-order valence-corrected chi connectivity index (χ0v) is 17.8. The largest absolute Gasteiger partial charge is 0.467 e. The number of hydrogen-bond acceptors (Lipinski definition) is 4. The number of fused-ring (bicyclic) bond motifs is 1. The molecule has 7 heteroatoms. The van der Waals surface area contributed by atoms with E-state index in [0.29, 0.717) is 48.2 Å². The molecule has 1 amide bonds. The number of thiazole rings is 1. The van der Waals surface area contributed by atoms with E-state index in [9.17, 15) is 13.6 Å². The summed E-state index contributed by atoms with van der Waals surface area (Å²) in [5, 5.41) is 0.338. The lowest BCUT2D eigenvalue weighted by molar-refractivity contribution is -0.132. The van der Waals surface area contributed by atoms with E-state index < -0.39 is 11.6 Å². The fraction of sp³-hybridized carbons (Fsp3) is 0.391. The molecular weight excluding hydrogens is 406 g/mol. The van der Waals surface area contributed by atoms with Crippen LogP contribution < -0.4 is 4.74 Å². The van der Waals surface area contributed by atoms with E-state index >= 15 is 0 Å². The first-order valence-corrected chi connectivity index (χ1v) is 11.0. The molecule has 0 bridgehead atoms. The molecule has 1 aromatic heterocycles. The Morgan fingerprint density at radius 3 is 2.57 bits per heavy atom. The number of piperidine rings is 1. The number of halogens is 2. The number of carbonyl (C=O) groups is 1. The highest BCUT2D eigenvalue weighted by Crippen LogP contribution is 2.32. The molecule has 1 aliphatic rings. The highest BCUT2D eigenvalue weighted by molar-refractivity contribution is 7.20. The van der Waals surface area contributed by atoms with Gasteiger partial charge in [-0.2, -0.15) is 4.98 Å². The second-order valence-electron chi connectivity index (χ2n) is 7.99. The molecule has 4 nitrogen and oxygen atoms in total. The minimum atomic E-state index is -0.682. The zero-order chi connectivity index (χ0) is 21.3. The van der Waals surface area contributed by atoms with Crippen LogP contribution in [0.4, 0.5) is 8.78 Å². The normalized spacial score (nSPS) is 15.2. The molecule has 2 aromatic carbocycles. The fourth-order valence-electron chi connectivity index (χ4n) is 3.66. The van der Waals surface area contributed by atoms with Gasteiger partial charge in [0.25, 0.3) is 5.19 Å². The van der Waals surface area contributed by atoms with Crippen molar-refractivity contribution in [2.24, 2.45) is 0 Å². The van der Waals surface area contributed by atoms with E-state index in [1.807, 2.05) is 17.0 Å². The van der Waals surface area contributed by atoms with Crippen LogP contribution in [0.25, 0.3) is 10.2 Å². The van der Waals surface area contributed by atoms with Gasteiger partial charge in [-0.15, -0.1) is 0 Å². The summed E-state index contributed by atoms with van der Waals surface area (Å²) in [5.41, 5.74) is 2.42. The van der Waals surface area contributed by atoms with E-state index in [1.54, 1.807) is 0 Å². The summed E-state index contributed by atoms with van der Waals surface area (Å²) in [6, 6.07) is 10.3. The molecule has 0 atom stereocenters. The summed E-state index contributed by atoms with van der Waals surface area (Å²) in [5.74, 6) is -0.721. The predicted octanol–water partition coefficient (Wildman–Crippen LogP) is 5.31. The minimum Gasteiger partial charge on any atom is -0.467 e. The maximum Gasteiger partial charge on any atom is 0.274 e. The van der Waals surface area contributed by atoms with Gasteiger partial charge in [0.05, 0.1) is 11.1 Å². The van der Waals surface area contributed by atoms with E-state index in [2.05, 4.69) is 31.0 Å². The molecule has 0 radical (unpaired) electrons. The lowest BCUT2D eigenvalue weighted by Gasteiger charge is -2.31. The molecule has 0 unspecified atom stereocenters. The monoisotopic (exact) mass is 430 g/mol. The lowest BCUT2D eigenvalue weighted by atomic mass is 10.0. The third-order valence-electron chi connectivity index (χ3n) is 5.46. The van der Waals surface area contributed by atoms with Gasteiger partial charge in [0.2, 0.25) is 5.91 Å². The van der Waals surface area contributed by atoms with Crippen molar-refractivity contribution in [3.63, 3.8) is 0 Å². The second kappa shape index (κ2) is 8.68. The molecule has 2 heterocycles. The molecule has 0 saturated carbocycles. The number of benzene rings is 2. The first kappa shape index (κ1) is 20.7. The molecule has 0 spiro atoms. The molecule has 1 saturated heterocycles. The first-order chi connectivity index (χ1) is 14.4. The minimum absolute atomic E-state index is 0.0900.